The third-order valence-electron chi connectivity index (χ3n) is 3.45. The number of aliphatic carboxylic acids is 1. The van der Waals surface area contributed by atoms with Gasteiger partial charge in [-0.3, -0.25) is 14.6 Å². The van der Waals surface area contributed by atoms with Crippen LogP contribution in [0.4, 0.5) is 5.95 Å². The number of anilines is 1. The normalized spacial score (nSPS) is 15.5. The zero-order valence-electron chi connectivity index (χ0n) is 11.1. The number of carboxylic acids is 1. The molecule has 0 aliphatic carbocycles. The van der Waals surface area contributed by atoms with Crippen LogP contribution in [-0.4, -0.2) is 34.1 Å². The van der Waals surface area contributed by atoms with Gasteiger partial charge in [-0.15, -0.1) is 0 Å². The van der Waals surface area contributed by atoms with E-state index in [4.69, 9.17) is 5.11 Å². The molecule has 2 rings (SSSR count). The summed E-state index contributed by atoms with van der Waals surface area (Å²) >= 11 is 0. The molecule has 1 aromatic heterocycles. The summed E-state index contributed by atoms with van der Waals surface area (Å²) in [7, 11) is 0. The number of nitrogens with one attached hydrogen (secondary N) is 1. The fourth-order valence-electron chi connectivity index (χ4n) is 2.38. The van der Waals surface area contributed by atoms with Crippen LogP contribution < -0.4 is 10.5 Å². The summed E-state index contributed by atoms with van der Waals surface area (Å²) in [5, 5.41) is 8.67. The van der Waals surface area contributed by atoms with E-state index in [0.717, 1.165) is 25.9 Å². The molecule has 0 amide bonds. The molecule has 19 heavy (non-hydrogen) atoms. The fraction of sp³-hybridized carbons (Fsp3) is 0.615. The largest absolute Gasteiger partial charge is 0.481 e. The van der Waals surface area contributed by atoms with Crippen molar-refractivity contribution in [2.24, 2.45) is 0 Å². The molecular formula is C13H19N3O3. The van der Waals surface area contributed by atoms with Crippen LogP contribution >= 0.6 is 0 Å². The first kappa shape index (κ1) is 13.6. The van der Waals surface area contributed by atoms with Crippen molar-refractivity contribution >= 4 is 11.9 Å². The smallest absolute Gasteiger partial charge is 0.303 e. The van der Waals surface area contributed by atoms with Crippen molar-refractivity contribution in [2.75, 3.05) is 18.0 Å². The van der Waals surface area contributed by atoms with Crippen LogP contribution in [0.2, 0.25) is 0 Å². The monoisotopic (exact) mass is 265 g/mol. The molecule has 0 spiro atoms. The van der Waals surface area contributed by atoms with Gasteiger partial charge in [-0.05, 0) is 32.6 Å². The number of rotatable bonds is 4. The van der Waals surface area contributed by atoms with Crippen molar-refractivity contribution in [3.05, 3.63) is 21.6 Å². The van der Waals surface area contributed by atoms with Gasteiger partial charge in [-0.1, -0.05) is 0 Å². The zero-order chi connectivity index (χ0) is 13.8. The number of hydrogen-bond acceptors (Lipinski definition) is 4. The molecule has 0 radical (unpaired) electrons. The molecule has 0 saturated carbocycles. The van der Waals surface area contributed by atoms with E-state index in [1.807, 2.05) is 0 Å². The van der Waals surface area contributed by atoms with Crippen LogP contribution in [0.15, 0.2) is 4.79 Å². The lowest BCUT2D eigenvalue weighted by molar-refractivity contribution is -0.136. The van der Waals surface area contributed by atoms with Gasteiger partial charge in [0, 0.05) is 30.8 Å². The number of aromatic amines is 1. The third-order valence-corrected chi connectivity index (χ3v) is 3.45. The molecule has 0 unspecified atom stereocenters. The van der Waals surface area contributed by atoms with Gasteiger partial charge < -0.3 is 10.0 Å². The molecule has 0 atom stereocenters. The molecule has 1 aliphatic rings. The Labute approximate surface area is 111 Å². The van der Waals surface area contributed by atoms with Crippen molar-refractivity contribution < 1.29 is 9.90 Å². The van der Waals surface area contributed by atoms with E-state index in [2.05, 4.69) is 14.9 Å². The molecule has 0 bridgehead atoms. The first-order chi connectivity index (χ1) is 9.08. The minimum atomic E-state index is -0.904. The SMILES string of the molecule is Cc1nc(N2CCCCC2)[nH]c(=O)c1CCC(=O)O. The standard InChI is InChI=1S/C13H19N3O3/c1-9-10(5-6-11(17)18)12(19)15-13(14-9)16-7-3-2-4-8-16/h2-8H2,1H3,(H,17,18)(H,14,15,19). The van der Waals surface area contributed by atoms with Gasteiger partial charge in [0.15, 0.2) is 0 Å². The zero-order valence-corrected chi connectivity index (χ0v) is 11.1. The van der Waals surface area contributed by atoms with Crippen LogP contribution in [-0.2, 0) is 11.2 Å². The van der Waals surface area contributed by atoms with E-state index in [0.29, 0.717) is 17.2 Å². The van der Waals surface area contributed by atoms with E-state index >= 15 is 0 Å². The number of carbonyl (C=O) groups is 1. The van der Waals surface area contributed by atoms with Gasteiger partial charge >= 0.3 is 5.97 Å². The summed E-state index contributed by atoms with van der Waals surface area (Å²) < 4.78 is 0. The second-order valence-corrected chi connectivity index (χ2v) is 4.89. The molecule has 1 fully saturated rings. The van der Waals surface area contributed by atoms with Crippen molar-refractivity contribution in [3.63, 3.8) is 0 Å². The highest BCUT2D eigenvalue weighted by molar-refractivity contribution is 5.67. The topological polar surface area (TPSA) is 86.3 Å². The van der Waals surface area contributed by atoms with Gasteiger partial charge in [0.2, 0.25) is 5.95 Å². The molecule has 104 valence electrons. The van der Waals surface area contributed by atoms with E-state index in [1.54, 1.807) is 6.92 Å². The molecule has 6 nitrogen and oxygen atoms in total. The van der Waals surface area contributed by atoms with E-state index < -0.39 is 5.97 Å². The highest BCUT2D eigenvalue weighted by Gasteiger charge is 2.16. The number of nitrogens with zero attached hydrogens (tertiary/aromatic N) is 2. The third kappa shape index (κ3) is 3.33. The lowest BCUT2D eigenvalue weighted by atomic mass is 10.1. The van der Waals surface area contributed by atoms with Crippen LogP contribution in [0.3, 0.4) is 0 Å². The van der Waals surface area contributed by atoms with Gasteiger partial charge in [-0.2, -0.15) is 0 Å². The van der Waals surface area contributed by atoms with Crippen LogP contribution in [0.1, 0.15) is 36.9 Å². The summed E-state index contributed by atoms with van der Waals surface area (Å²) in [6, 6.07) is 0. The quantitative estimate of drug-likeness (QED) is 0.851. The Hall–Kier alpha value is -1.85. The van der Waals surface area contributed by atoms with Crippen molar-refractivity contribution in [2.45, 2.75) is 39.0 Å². The van der Waals surface area contributed by atoms with E-state index in [1.165, 1.54) is 6.42 Å². The lowest BCUT2D eigenvalue weighted by Crippen LogP contribution is -2.33. The minimum Gasteiger partial charge on any atom is -0.481 e. The Morgan fingerprint density at radius 2 is 2.05 bits per heavy atom. The van der Waals surface area contributed by atoms with Gasteiger partial charge in [0.25, 0.3) is 5.56 Å². The molecule has 0 aromatic carbocycles. The summed E-state index contributed by atoms with van der Waals surface area (Å²) in [6.45, 7) is 3.59. The average Bonchev–Trinajstić information content (AvgIpc) is 2.38. The number of piperidine rings is 1. The maximum absolute atomic E-state index is 12.0. The second kappa shape index (κ2) is 5.86. The predicted molar refractivity (Wildman–Crippen MR) is 71.6 cm³/mol. The predicted octanol–water partition coefficient (Wildman–Crippen LogP) is 1.09. The summed E-state index contributed by atoms with van der Waals surface area (Å²) in [5.41, 5.74) is 0.892. The highest BCUT2D eigenvalue weighted by Crippen LogP contribution is 2.15. The van der Waals surface area contributed by atoms with Gasteiger partial charge in [-0.25, -0.2) is 4.98 Å². The first-order valence-electron chi connectivity index (χ1n) is 6.64. The Morgan fingerprint density at radius 1 is 1.37 bits per heavy atom. The van der Waals surface area contributed by atoms with Crippen molar-refractivity contribution in [1.82, 2.24) is 9.97 Å². The van der Waals surface area contributed by atoms with Crippen LogP contribution in [0, 0.1) is 6.92 Å². The Bertz CT molecular complexity index is 518. The number of carboxylic acid groups (broad SMARTS) is 1. The molecule has 1 aromatic rings. The second-order valence-electron chi connectivity index (χ2n) is 4.89. The number of aromatic nitrogens is 2. The van der Waals surface area contributed by atoms with E-state index in [-0.39, 0.29) is 18.4 Å². The molecule has 1 saturated heterocycles. The molecule has 1 aliphatic heterocycles. The Kier molecular flexibility index (Phi) is 4.19. The molecule has 6 heteroatoms. The maximum atomic E-state index is 12.0. The number of aryl methyl sites for hydroxylation is 1. The highest BCUT2D eigenvalue weighted by atomic mass is 16.4. The lowest BCUT2D eigenvalue weighted by Gasteiger charge is -2.27. The Morgan fingerprint density at radius 3 is 2.63 bits per heavy atom. The van der Waals surface area contributed by atoms with Crippen molar-refractivity contribution in [3.8, 4) is 0 Å². The van der Waals surface area contributed by atoms with Crippen LogP contribution in [0.5, 0.6) is 0 Å². The Balaban J connectivity index is 2.20. The van der Waals surface area contributed by atoms with Crippen molar-refractivity contribution in [1.29, 1.82) is 0 Å². The molecule has 2 N–H and O–H groups in total. The summed E-state index contributed by atoms with van der Waals surface area (Å²) in [6.07, 6.45) is 3.63. The molecule has 2 heterocycles. The summed E-state index contributed by atoms with van der Waals surface area (Å²) in [5.74, 6) is -0.291. The first-order valence-corrected chi connectivity index (χ1v) is 6.64. The minimum absolute atomic E-state index is 0.0470. The number of H-pyrrole nitrogens is 1. The molecular weight excluding hydrogens is 246 g/mol. The van der Waals surface area contributed by atoms with E-state index in [9.17, 15) is 9.59 Å². The van der Waals surface area contributed by atoms with Gasteiger partial charge in [0.1, 0.15) is 0 Å². The summed E-state index contributed by atoms with van der Waals surface area (Å²) in [4.78, 5) is 31.8. The average molecular weight is 265 g/mol. The maximum Gasteiger partial charge on any atom is 0.303 e. The number of hydrogen-bond donors (Lipinski definition) is 2. The van der Waals surface area contributed by atoms with Crippen LogP contribution in [0.25, 0.3) is 0 Å². The fourth-order valence-corrected chi connectivity index (χ4v) is 2.38. The van der Waals surface area contributed by atoms with Gasteiger partial charge in [0.05, 0.1) is 0 Å².